The first-order valence-electron chi connectivity index (χ1n) is 8.46. The fraction of sp³-hybridized carbons (Fsp3) is 0.412. The maximum atomic E-state index is 12.5. The van der Waals surface area contributed by atoms with Gasteiger partial charge < -0.3 is 5.32 Å². The molecule has 0 spiro atoms. The molecule has 1 aliphatic rings. The van der Waals surface area contributed by atoms with Crippen molar-refractivity contribution < 1.29 is 13.2 Å². The highest BCUT2D eigenvalue weighted by molar-refractivity contribution is 7.88. The zero-order valence-electron chi connectivity index (χ0n) is 14.7. The minimum atomic E-state index is -3.31. The summed E-state index contributed by atoms with van der Waals surface area (Å²) >= 11 is 12.1. The Morgan fingerprint density at radius 1 is 1.30 bits per heavy atom. The molecule has 7 nitrogen and oxygen atoms in total. The number of sulfonamides is 1. The molecule has 1 aliphatic heterocycles. The van der Waals surface area contributed by atoms with Crippen molar-refractivity contribution in [1.82, 2.24) is 14.1 Å². The first-order valence-corrected chi connectivity index (χ1v) is 11.1. The molecule has 10 heteroatoms. The van der Waals surface area contributed by atoms with E-state index in [4.69, 9.17) is 23.2 Å². The minimum absolute atomic E-state index is 0.174. The lowest BCUT2D eigenvalue weighted by Gasteiger charge is -2.29. The van der Waals surface area contributed by atoms with Gasteiger partial charge in [-0.1, -0.05) is 35.3 Å². The number of aromatic nitrogens is 2. The lowest BCUT2D eigenvalue weighted by atomic mass is 9.99. The predicted octanol–water partition coefficient (Wildman–Crippen LogP) is 2.85. The van der Waals surface area contributed by atoms with Crippen molar-refractivity contribution in [2.75, 3.05) is 24.7 Å². The first kappa shape index (κ1) is 20.1. The van der Waals surface area contributed by atoms with Gasteiger partial charge in [-0.3, -0.25) is 9.48 Å². The molecule has 27 heavy (non-hydrogen) atoms. The molecule has 0 radical (unpaired) electrons. The quantitative estimate of drug-likeness (QED) is 0.789. The Labute approximate surface area is 168 Å². The summed E-state index contributed by atoms with van der Waals surface area (Å²) in [6.07, 6.45) is 4.06. The third kappa shape index (κ3) is 5.22. The number of benzene rings is 1. The zero-order chi connectivity index (χ0) is 19.6. The molecule has 3 rings (SSSR count). The Hall–Kier alpha value is -1.61. The molecule has 1 amide bonds. The molecular formula is C17H20Cl2N4O3S. The SMILES string of the molecule is CS(=O)(=O)N1CCC[C@H](C(=O)Nc2nn(Cc3ccc(Cl)cc3)cc2Cl)C1. The lowest BCUT2D eigenvalue weighted by molar-refractivity contribution is -0.120. The van der Waals surface area contributed by atoms with Crippen molar-refractivity contribution in [2.24, 2.45) is 5.92 Å². The van der Waals surface area contributed by atoms with Crippen LogP contribution in [-0.2, 0) is 21.4 Å². The van der Waals surface area contributed by atoms with Gasteiger partial charge >= 0.3 is 0 Å². The number of carbonyl (C=O) groups is 1. The minimum Gasteiger partial charge on any atom is -0.308 e. The first-order chi connectivity index (χ1) is 12.7. The van der Waals surface area contributed by atoms with Crippen molar-refractivity contribution in [1.29, 1.82) is 0 Å². The zero-order valence-corrected chi connectivity index (χ0v) is 17.1. The average Bonchev–Trinajstić information content (AvgIpc) is 2.95. The molecule has 1 aromatic carbocycles. The normalized spacial score (nSPS) is 18.4. The van der Waals surface area contributed by atoms with E-state index < -0.39 is 15.9 Å². The van der Waals surface area contributed by atoms with Crippen LogP contribution in [0.4, 0.5) is 5.82 Å². The van der Waals surface area contributed by atoms with Crippen LogP contribution in [0.1, 0.15) is 18.4 Å². The highest BCUT2D eigenvalue weighted by Crippen LogP contribution is 2.24. The fourth-order valence-corrected chi connectivity index (χ4v) is 4.25. The van der Waals surface area contributed by atoms with Gasteiger partial charge in [0.05, 0.1) is 18.7 Å². The molecule has 1 saturated heterocycles. The molecule has 1 N–H and O–H groups in total. The summed E-state index contributed by atoms with van der Waals surface area (Å²) in [7, 11) is -3.31. The van der Waals surface area contributed by atoms with Gasteiger partial charge in [0, 0.05) is 24.3 Å². The molecule has 1 fully saturated rings. The Kier molecular flexibility index (Phi) is 6.10. The number of halogens is 2. The van der Waals surface area contributed by atoms with Crippen LogP contribution in [0.5, 0.6) is 0 Å². The van der Waals surface area contributed by atoms with Crippen LogP contribution < -0.4 is 5.32 Å². The van der Waals surface area contributed by atoms with Crippen molar-refractivity contribution in [3.05, 3.63) is 46.1 Å². The number of anilines is 1. The number of nitrogens with zero attached hydrogens (tertiary/aromatic N) is 3. The van der Waals surface area contributed by atoms with Gasteiger partial charge in [-0.15, -0.1) is 0 Å². The Balaban J connectivity index is 1.66. The predicted molar refractivity (Wildman–Crippen MR) is 106 cm³/mol. The summed E-state index contributed by atoms with van der Waals surface area (Å²) in [5.74, 6) is -0.431. The molecule has 1 aromatic heterocycles. The van der Waals surface area contributed by atoms with E-state index in [-0.39, 0.29) is 18.3 Å². The van der Waals surface area contributed by atoms with Crippen LogP contribution >= 0.6 is 23.2 Å². The molecule has 2 heterocycles. The van der Waals surface area contributed by atoms with Crippen molar-refractivity contribution >= 4 is 45.0 Å². The third-order valence-corrected chi connectivity index (χ3v) is 6.24. The number of hydrogen-bond donors (Lipinski definition) is 1. The van der Waals surface area contributed by atoms with Crippen molar-refractivity contribution in [3.63, 3.8) is 0 Å². The Morgan fingerprint density at radius 2 is 2.00 bits per heavy atom. The maximum Gasteiger partial charge on any atom is 0.230 e. The van der Waals surface area contributed by atoms with E-state index in [1.165, 1.54) is 4.31 Å². The highest BCUT2D eigenvalue weighted by Gasteiger charge is 2.30. The van der Waals surface area contributed by atoms with Crippen LogP contribution in [0.3, 0.4) is 0 Å². The van der Waals surface area contributed by atoms with Gasteiger partial charge in [0.1, 0.15) is 5.02 Å². The standard InChI is InChI=1S/C17H20Cl2N4O3S/c1-27(25,26)23-8-2-3-13(10-23)17(24)20-16-15(19)11-22(21-16)9-12-4-6-14(18)7-5-12/h4-7,11,13H,2-3,8-10H2,1H3,(H,20,21,24)/t13-/m0/s1. The van der Waals surface area contributed by atoms with Gasteiger partial charge in [-0.25, -0.2) is 12.7 Å². The van der Waals surface area contributed by atoms with Crippen LogP contribution in [0, 0.1) is 5.92 Å². The molecular weight excluding hydrogens is 411 g/mol. The van der Waals surface area contributed by atoms with Gasteiger partial charge in [-0.2, -0.15) is 5.10 Å². The van der Waals surface area contributed by atoms with Crippen LogP contribution in [0.2, 0.25) is 10.0 Å². The number of piperidine rings is 1. The van der Waals surface area contributed by atoms with E-state index in [1.54, 1.807) is 23.0 Å². The van der Waals surface area contributed by atoms with Gasteiger partial charge in [0.15, 0.2) is 5.82 Å². The van der Waals surface area contributed by atoms with Crippen LogP contribution in [0.25, 0.3) is 0 Å². The second-order valence-corrected chi connectivity index (χ2v) is 9.43. The van der Waals surface area contributed by atoms with E-state index in [0.29, 0.717) is 36.0 Å². The van der Waals surface area contributed by atoms with Crippen molar-refractivity contribution in [3.8, 4) is 0 Å². The van der Waals surface area contributed by atoms with Crippen LogP contribution in [-0.4, -0.2) is 47.8 Å². The number of rotatable bonds is 5. The molecule has 0 aliphatic carbocycles. The maximum absolute atomic E-state index is 12.5. The summed E-state index contributed by atoms with van der Waals surface area (Å²) in [5.41, 5.74) is 0.993. The van der Waals surface area contributed by atoms with Gasteiger partial charge in [0.25, 0.3) is 0 Å². The van der Waals surface area contributed by atoms with E-state index >= 15 is 0 Å². The molecule has 1 atom stereocenters. The summed E-state index contributed by atoms with van der Waals surface area (Å²) in [6, 6.07) is 7.36. The molecule has 0 unspecified atom stereocenters. The number of amides is 1. The summed E-state index contributed by atoms with van der Waals surface area (Å²) < 4.78 is 26.4. The lowest BCUT2D eigenvalue weighted by Crippen LogP contribution is -2.43. The molecule has 0 saturated carbocycles. The van der Waals surface area contributed by atoms with Gasteiger partial charge in [-0.05, 0) is 30.5 Å². The molecule has 0 bridgehead atoms. The molecule has 2 aromatic rings. The highest BCUT2D eigenvalue weighted by atomic mass is 35.5. The van der Waals surface area contributed by atoms with E-state index in [0.717, 1.165) is 11.8 Å². The Bertz CT molecular complexity index is 928. The third-order valence-electron chi connectivity index (χ3n) is 4.44. The monoisotopic (exact) mass is 430 g/mol. The second kappa shape index (κ2) is 8.18. The van der Waals surface area contributed by atoms with E-state index in [9.17, 15) is 13.2 Å². The van der Waals surface area contributed by atoms with Gasteiger partial charge in [0.2, 0.25) is 15.9 Å². The topological polar surface area (TPSA) is 84.3 Å². The average molecular weight is 431 g/mol. The summed E-state index contributed by atoms with van der Waals surface area (Å²) in [4.78, 5) is 12.5. The summed E-state index contributed by atoms with van der Waals surface area (Å²) in [6.45, 7) is 1.10. The Morgan fingerprint density at radius 3 is 2.67 bits per heavy atom. The second-order valence-electron chi connectivity index (χ2n) is 6.60. The summed E-state index contributed by atoms with van der Waals surface area (Å²) in [5, 5.41) is 8.02. The smallest absolute Gasteiger partial charge is 0.230 e. The molecule has 146 valence electrons. The van der Waals surface area contributed by atoms with E-state index in [2.05, 4.69) is 10.4 Å². The van der Waals surface area contributed by atoms with Crippen molar-refractivity contribution in [2.45, 2.75) is 19.4 Å². The van der Waals surface area contributed by atoms with E-state index in [1.807, 2.05) is 12.1 Å². The fourth-order valence-electron chi connectivity index (χ4n) is 3.02. The largest absolute Gasteiger partial charge is 0.308 e. The number of nitrogens with one attached hydrogen (secondary N) is 1. The number of carbonyl (C=O) groups excluding carboxylic acids is 1. The van der Waals surface area contributed by atoms with Crippen LogP contribution in [0.15, 0.2) is 30.5 Å². The number of hydrogen-bond acceptors (Lipinski definition) is 4.